The highest BCUT2D eigenvalue weighted by Crippen LogP contribution is 2.16. The van der Waals surface area contributed by atoms with Gasteiger partial charge >= 0.3 is 0 Å². The van der Waals surface area contributed by atoms with Crippen LogP contribution in [0.15, 0.2) is 54.6 Å². The fraction of sp³-hybridized carbons (Fsp3) is 0.333. The SMILES string of the molecule is CCc1ccccc1NC(=O)CN1CCN(C(=O)/C=C/c2cccc(OC)c2)CC1. The summed E-state index contributed by atoms with van der Waals surface area (Å²) in [6.07, 6.45) is 4.27. The maximum atomic E-state index is 12.5. The van der Waals surface area contributed by atoms with Crippen molar-refractivity contribution in [3.05, 3.63) is 65.7 Å². The molecule has 2 aromatic rings. The van der Waals surface area contributed by atoms with Gasteiger partial charge in [-0.15, -0.1) is 0 Å². The lowest BCUT2D eigenvalue weighted by molar-refractivity contribution is -0.127. The zero-order chi connectivity index (χ0) is 21.3. The Morgan fingerprint density at radius 2 is 1.83 bits per heavy atom. The third-order valence-electron chi connectivity index (χ3n) is 5.24. The predicted molar refractivity (Wildman–Crippen MR) is 119 cm³/mol. The van der Waals surface area contributed by atoms with Crippen molar-refractivity contribution in [1.82, 2.24) is 9.80 Å². The molecule has 0 saturated carbocycles. The van der Waals surface area contributed by atoms with E-state index in [2.05, 4.69) is 17.1 Å². The molecule has 158 valence electrons. The van der Waals surface area contributed by atoms with Gasteiger partial charge in [-0.2, -0.15) is 0 Å². The van der Waals surface area contributed by atoms with Crippen LogP contribution in [0.25, 0.3) is 6.08 Å². The standard InChI is InChI=1S/C24H29N3O3/c1-3-20-8-4-5-10-22(20)25-23(28)18-26-13-15-27(16-14-26)24(29)12-11-19-7-6-9-21(17-19)30-2/h4-12,17H,3,13-16,18H2,1-2H3,(H,25,28)/b12-11+. The molecule has 3 rings (SSSR count). The zero-order valence-corrected chi connectivity index (χ0v) is 17.6. The van der Waals surface area contributed by atoms with Gasteiger partial charge in [0.2, 0.25) is 11.8 Å². The fourth-order valence-corrected chi connectivity index (χ4v) is 3.49. The van der Waals surface area contributed by atoms with Crippen molar-refractivity contribution < 1.29 is 14.3 Å². The minimum Gasteiger partial charge on any atom is -0.497 e. The van der Waals surface area contributed by atoms with Gasteiger partial charge in [-0.3, -0.25) is 14.5 Å². The van der Waals surface area contributed by atoms with Gasteiger partial charge in [0.05, 0.1) is 13.7 Å². The summed E-state index contributed by atoms with van der Waals surface area (Å²) >= 11 is 0. The molecule has 6 heteroatoms. The van der Waals surface area contributed by atoms with E-state index >= 15 is 0 Å². The summed E-state index contributed by atoms with van der Waals surface area (Å²) in [4.78, 5) is 28.8. The molecule has 30 heavy (non-hydrogen) atoms. The van der Waals surface area contributed by atoms with Gasteiger partial charge in [-0.1, -0.05) is 37.3 Å². The van der Waals surface area contributed by atoms with Crippen LogP contribution < -0.4 is 10.1 Å². The van der Waals surface area contributed by atoms with Crippen molar-refractivity contribution in [2.75, 3.05) is 45.2 Å². The Balaban J connectivity index is 1.46. The Kier molecular flexibility index (Phi) is 7.63. The second-order valence-electron chi connectivity index (χ2n) is 7.27. The number of carbonyl (C=O) groups is 2. The first-order chi connectivity index (χ1) is 14.6. The summed E-state index contributed by atoms with van der Waals surface area (Å²) in [7, 11) is 1.62. The lowest BCUT2D eigenvalue weighted by Crippen LogP contribution is -2.50. The van der Waals surface area contributed by atoms with Crippen molar-refractivity contribution in [3.63, 3.8) is 0 Å². The number of anilines is 1. The molecule has 0 unspecified atom stereocenters. The topological polar surface area (TPSA) is 61.9 Å². The lowest BCUT2D eigenvalue weighted by atomic mass is 10.1. The van der Waals surface area contributed by atoms with E-state index < -0.39 is 0 Å². The second kappa shape index (κ2) is 10.6. The molecule has 1 N–H and O–H groups in total. The Hall–Kier alpha value is -3.12. The van der Waals surface area contributed by atoms with E-state index in [9.17, 15) is 9.59 Å². The number of benzene rings is 2. The summed E-state index contributed by atoms with van der Waals surface area (Å²) < 4.78 is 5.20. The van der Waals surface area contributed by atoms with Gasteiger partial charge in [0.1, 0.15) is 5.75 Å². The highest BCUT2D eigenvalue weighted by molar-refractivity contribution is 5.93. The van der Waals surface area contributed by atoms with Gasteiger partial charge in [0, 0.05) is 37.9 Å². The minimum atomic E-state index is -0.0198. The van der Waals surface area contributed by atoms with Crippen molar-refractivity contribution in [2.45, 2.75) is 13.3 Å². The molecule has 0 bridgehead atoms. The minimum absolute atomic E-state index is 0.0150. The Morgan fingerprint density at radius 1 is 1.07 bits per heavy atom. The van der Waals surface area contributed by atoms with Crippen LogP contribution in [0.2, 0.25) is 0 Å². The quantitative estimate of drug-likeness (QED) is 0.717. The Morgan fingerprint density at radius 3 is 2.57 bits per heavy atom. The highest BCUT2D eigenvalue weighted by Gasteiger charge is 2.21. The normalized spacial score (nSPS) is 14.7. The van der Waals surface area contributed by atoms with Crippen LogP contribution in [-0.2, 0) is 16.0 Å². The molecular weight excluding hydrogens is 378 g/mol. The maximum absolute atomic E-state index is 12.5. The molecule has 0 aliphatic carbocycles. The number of ether oxygens (including phenoxy) is 1. The molecule has 0 radical (unpaired) electrons. The maximum Gasteiger partial charge on any atom is 0.246 e. The predicted octanol–water partition coefficient (Wildman–Crippen LogP) is 3.05. The summed E-state index contributed by atoms with van der Waals surface area (Å²) in [5.41, 5.74) is 2.93. The van der Waals surface area contributed by atoms with Crippen LogP contribution in [0, 0.1) is 0 Å². The van der Waals surface area contributed by atoms with E-state index in [1.165, 1.54) is 0 Å². The highest BCUT2D eigenvalue weighted by atomic mass is 16.5. The van der Waals surface area contributed by atoms with Gasteiger partial charge in [-0.05, 0) is 41.8 Å². The lowest BCUT2D eigenvalue weighted by Gasteiger charge is -2.33. The number of methoxy groups -OCH3 is 1. The van der Waals surface area contributed by atoms with E-state index in [0.29, 0.717) is 32.7 Å². The molecule has 1 aliphatic rings. The number of piperazine rings is 1. The number of nitrogens with one attached hydrogen (secondary N) is 1. The van der Waals surface area contributed by atoms with Crippen LogP contribution >= 0.6 is 0 Å². The Labute approximate surface area is 178 Å². The van der Waals surface area contributed by atoms with E-state index in [1.807, 2.05) is 53.4 Å². The third-order valence-corrected chi connectivity index (χ3v) is 5.24. The third kappa shape index (κ3) is 5.94. The van der Waals surface area contributed by atoms with E-state index in [-0.39, 0.29) is 11.8 Å². The summed E-state index contributed by atoms with van der Waals surface area (Å²) in [6, 6.07) is 15.4. The Bertz CT molecular complexity index is 902. The number of para-hydroxylation sites is 1. The van der Waals surface area contributed by atoms with Crippen molar-refractivity contribution >= 4 is 23.6 Å². The van der Waals surface area contributed by atoms with Crippen molar-refractivity contribution in [2.24, 2.45) is 0 Å². The molecule has 0 atom stereocenters. The molecule has 0 aromatic heterocycles. The first kappa shape index (κ1) is 21.6. The average molecular weight is 408 g/mol. The molecule has 1 heterocycles. The zero-order valence-electron chi connectivity index (χ0n) is 17.6. The van der Waals surface area contributed by atoms with Crippen LogP contribution in [0.5, 0.6) is 5.75 Å². The summed E-state index contributed by atoms with van der Waals surface area (Å²) in [6.45, 7) is 4.99. The number of rotatable bonds is 7. The van der Waals surface area contributed by atoms with Gasteiger partial charge < -0.3 is 15.0 Å². The van der Waals surface area contributed by atoms with E-state index in [4.69, 9.17) is 4.74 Å². The number of carbonyl (C=O) groups excluding carboxylic acids is 2. The molecular formula is C24H29N3O3. The number of hydrogen-bond acceptors (Lipinski definition) is 4. The fourth-order valence-electron chi connectivity index (χ4n) is 3.49. The smallest absolute Gasteiger partial charge is 0.246 e. The van der Waals surface area contributed by atoms with Crippen molar-refractivity contribution in [3.8, 4) is 5.75 Å². The first-order valence-corrected chi connectivity index (χ1v) is 10.3. The number of hydrogen-bond donors (Lipinski definition) is 1. The molecule has 6 nitrogen and oxygen atoms in total. The molecule has 1 saturated heterocycles. The van der Waals surface area contributed by atoms with Crippen LogP contribution in [0.1, 0.15) is 18.1 Å². The summed E-state index contributed by atoms with van der Waals surface area (Å²) in [5.74, 6) is 0.727. The molecule has 0 spiro atoms. The summed E-state index contributed by atoms with van der Waals surface area (Å²) in [5, 5.41) is 3.01. The van der Waals surface area contributed by atoms with Crippen LogP contribution in [0.3, 0.4) is 0 Å². The number of aryl methyl sites for hydroxylation is 1. The molecule has 2 amide bonds. The number of amides is 2. The van der Waals surface area contributed by atoms with Crippen molar-refractivity contribution in [1.29, 1.82) is 0 Å². The monoisotopic (exact) mass is 407 g/mol. The average Bonchev–Trinajstić information content (AvgIpc) is 2.78. The van der Waals surface area contributed by atoms with Gasteiger partial charge in [0.25, 0.3) is 0 Å². The van der Waals surface area contributed by atoms with E-state index in [1.54, 1.807) is 19.3 Å². The van der Waals surface area contributed by atoms with Gasteiger partial charge in [-0.25, -0.2) is 0 Å². The van der Waals surface area contributed by atoms with E-state index in [0.717, 1.165) is 29.0 Å². The molecule has 2 aromatic carbocycles. The van der Waals surface area contributed by atoms with Crippen LogP contribution in [-0.4, -0.2) is 61.4 Å². The second-order valence-corrected chi connectivity index (χ2v) is 7.27. The molecule has 1 fully saturated rings. The van der Waals surface area contributed by atoms with Crippen LogP contribution in [0.4, 0.5) is 5.69 Å². The first-order valence-electron chi connectivity index (χ1n) is 10.3. The largest absolute Gasteiger partial charge is 0.497 e. The molecule has 1 aliphatic heterocycles. The number of nitrogens with zero attached hydrogens (tertiary/aromatic N) is 2. The van der Waals surface area contributed by atoms with Gasteiger partial charge in [0.15, 0.2) is 0 Å².